The first kappa shape index (κ1) is 28.7. The summed E-state index contributed by atoms with van der Waals surface area (Å²) < 4.78 is 56.3. The van der Waals surface area contributed by atoms with Crippen LogP contribution in [0.15, 0.2) is 97.1 Å². The zero-order valence-electron chi connectivity index (χ0n) is 22.0. The monoisotopic (exact) mass is 578 g/mol. The lowest BCUT2D eigenvalue weighted by atomic mass is 10.2. The highest BCUT2D eigenvalue weighted by Crippen LogP contribution is 2.26. The second-order valence-electron chi connectivity index (χ2n) is 9.36. The van der Waals surface area contributed by atoms with Crippen LogP contribution in [0.25, 0.3) is 0 Å². The van der Waals surface area contributed by atoms with Crippen molar-refractivity contribution in [2.24, 2.45) is 0 Å². The number of nitrogens with one attached hydrogen (secondary N) is 4. The second-order valence-corrected chi connectivity index (χ2v) is 12.8. The minimum absolute atomic E-state index is 0.192. The molecule has 2 amide bonds. The minimum atomic E-state index is -3.77. The number of carbonyl (C=O) groups is 1. The van der Waals surface area contributed by atoms with Gasteiger partial charge in [-0.05, 0) is 49.2 Å². The van der Waals surface area contributed by atoms with Crippen molar-refractivity contribution in [3.05, 3.63) is 119 Å². The van der Waals surface area contributed by atoms with E-state index in [1.807, 2.05) is 38.1 Å². The largest absolute Gasteiger partial charge is 0.323 e. The van der Waals surface area contributed by atoms with E-state index < -0.39 is 26.1 Å². The smallest absolute Gasteiger partial charge is 0.306 e. The van der Waals surface area contributed by atoms with Crippen LogP contribution in [-0.4, -0.2) is 22.9 Å². The summed E-state index contributed by atoms with van der Waals surface area (Å²) in [4.78, 5) is 12.9. The molecule has 208 valence electrons. The number of hydrogen-bond donors (Lipinski definition) is 4. The van der Waals surface area contributed by atoms with Crippen molar-refractivity contribution in [1.82, 2.24) is 0 Å². The number of anilines is 4. The van der Waals surface area contributed by atoms with Gasteiger partial charge in [-0.1, -0.05) is 83.9 Å². The molecule has 11 heteroatoms. The number of para-hydroxylation sites is 4. The Morgan fingerprint density at radius 3 is 1.20 bits per heavy atom. The first-order valence-electron chi connectivity index (χ1n) is 12.4. The standard InChI is InChI=1S/C29H30N4O5S2/c1-21-11-15-23(16-12-21)19-39(35,36)32-27-9-5-3-7-25(27)30-29(34)31-26-8-4-6-10-28(26)33-40(37,38)20-24-17-13-22(2)14-18-24/h3-18,32-33H,19-20H2,1-2H3,(H2,30,31,34). The van der Waals surface area contributed by atoms with Gasteiger partial charge in [-0.2, -0.15) is 0 Å². The van der Waals surface area contributed by atoms with E-state index in [-0.39, 0.29) is 34.3 Å². The average Bonchev–Trinajstić information content (AvgIpc) is 2.88. The summed E-state index contributed by atoms with van der Waals surface area (Å²) in [5, 5.41) is 5.27. The molecule has 0 unspecified atom stereocenters. The number of benzene rings is 4. The normalized spacial score (nSPS) is 11.4. The lowest BCUT2D eigenvalue weighted by Gasteiger charge is -2.16. The van der Waals surface area contributed by atoms with Crippen molar-refractivity contribution >= 4 is 48.8 Å². The second kappa shape index (κ2) is 12.2. The van der Waals surface area contributed by atoms with Gasteiger partial charge in [0.25, 0.3) is 0 Å². The quantitative estimate of drug-likeness (QED) is 0.188. The predicted molar refractivity (Wildman–Crippen MR) is 160 cm³/mol. The molecule has 0 fully saturated rings. The Labute approximate surface area is 234 Å². The van der Waals surface area contributed by atoms with Crippen LogP contribution in [0.2, 0.25) is 0 Å². The average molecular weight is 579 g/mol. The molecule has 0 atom stereocenters. The van der Waals surface area contributed by atoms with Crippen LogP contribution in [-0.2, 0) is 31.6 Å². The van der Waals surface area contributed by atoms with Crippen LogP contribution in [0.5, 0.6) is 0 Å². The summed E-state index contributed by atoms with van der Waals surface area (Å²) in [6, 6.07) is 26.4. The van der Waals surface area contributed by atoms with Gasteiger partial charge < -0.3 is 10.6 Å². The van der Waals surface area contributed by atoms with Gasteiger partial charge in [0.15, 0.2) is 0 Å². The Hall–Kier alpha value is -4.35. The van der Waals surface area contributed by atoms with Crippen LogP contribution < -0.4 is 20.1 Å². The van der Waals surface area contributed by atoms with Crippen molar-refractivity contribution < 1.29 is 21.6 Å². The van der Waals surface area contributed by atoms with Crippen molar-refractivity contribution in [2.45, 2.75) is 25.4 Å². The van der Waals surface area contributed by atoms with Crippen molar-refractivity contribution in [3.63, 3.8) is 0 Å². The van der Waals surface area contributed by atoms with E-state index >= 15 is 0 Å². The lowest BCUT2D eigenvalue weighted by molar-refractivity contribution is 0.262. The summed E-state index contributed by atoms with van der Waals surface area (Å²) in [5.41, 5.74) is 4.14. The Balaban J connectivity index is 1.44. The van der Waals surface area contributed by atoms with E-state index in [2.05, 4.69) is 20.1 Å². The van der Waals surface area contributed by atoms with E-state index in [4.69, 9.17) is 0 Å². The molecule has 0 radical (unpaired) electrons. The van der Waals surface area contributed by atoms with E-state index in [1.165, 1.54) is 12.1 Å². The molecule has 0 saturated carbocycles. The third kappa shape index (κ3) is 8.32. The summed E-state index contributed by atoms with van der Waals surface area (Å²) in [6.45, 7) is 3.84. The number of carbonyl (C=O) groups excluding carboxylic acids is 1. The third-order valence-corrected chi connectivity index (χ3v) is 8.32. The topological polar surface area (TPSA) is 133 Å². The molecule has 0 bridgehead atoms. The molecule has 0 aliphatic rings. The Morgan fingerprint density at radius 2 is 0.850 bits per heavy atom. The first-order chi connectivity index (χ1) is 19.0. The van der Waals surface area contributed by atoms with Crippen LogP contribution in [0.3, 0.4) is 0 Å². The Kier molecular flexibility index (Phi) is 8.76. The van der Waals surface area contributed by atoms with Crippen LogP contribution >= 0.6 is 0 Å². The number of aryl methyl sites for hydroxylation is 2. The van der Waals surface area contributed by atoms with Gasteiger partial charge in [0, 0.05) is 0 Å². The summed E-state index contributed by atoms with van der Waals surface area (Å²) >= 11 is 0. The molecule has 0 heterocycles. The molecule has 40 heavy (non-hydrogen) atoms. The number of amides is 2. The fourth-order valence-corrected chi connectivity index (χ4v) is 6.29. The van der Waals surface area contributed by atoms with Crippen LogP contribution in [0.4, 0.5) is 27.5 Å². The maximum Gasteiger partial charge on any atom is 0.323 e. The number of rotatable bonds is 10. The SMILES string of the molecule is Cc1ccc(CS(=O)(=O)Nc2ccccc2NC(=O)Nc2ccccc2NS(=O)(=O)Cc2ccc(C)cc2)cc1. The Bertz CT molecular complexity index is 1580. The molecule has 4 aromatic carbocycles. The van der Waals surface area contributed by atoms with Crippen LogP contribution in [0.1, 0.15) is 22.3 Å². The van der Waals surface area contributed by atoms with Crippen molar-refractivity contribution in [3.8, 4) is 0 Å². The van der Waals surface area contributed by atoms with Crippen molar-refractivity contribution in [2.75, 3.05) is 20.1 Å². The molecule has 0 aliphatic heterocycles. The van der Waals surface area contributed by atoms with Gasteiger partial charge in [0.1, 0.15) is 0 Å². The molecule has 4 aromatic rings. The maximum absolute atomic E-state index is 12.9. The van der Waals surface area contributed by atoms with E-state index in [9.17, 15) is 21.6 Å². The van der Waals surface area contributed by atoms with Gasteiger partial charge in [-0.25, -0.2) is 21.6 Å². The van der Waals surface area contributed by atoms with E-state index in [1.54, 1.807) is 60.7 Å². The molecule has 4 N–H and O–H groups in total. The predicted octanol–water partition coefficient (Wildman–Crippen LogP) is 5.83. The fourth-order valence-electron chi connectivity index (χ4n) is 3.85. The van der Waals surface area contributed by atoms with E-state index in [0.29, 0.717) is 11.1 Å². The summed E-state index contributed by atoms with van der Waals surface area (Å²) in [5.74, 6) is -0.464. The highest BCUT2D eigenvalue weighted by atomic mass is 32.2. The first-order valence-corrected chi connectivity index (χ1v) is 15.7. The molecule has 9 nitrogen and oxygen atoms in total. The molecule has 0 aliphatic carbocycles. The zero-order valence-corrected chi connectivity index (χ0v) is 23.6. The van der Waals surface area contributed by atoms with Crippen molar-refractivity contribution in [1.29, 1.82) is 0 Å². The van der Waals surface area contributed by atoms with Gasteiger partial charge in [0.2, 0.25) is 20.0 Å². The molecular weight excluding hydrogens is 548 g/mol. The highest BCUT2D eigenvalue weighted by molar-refractivity contribution is 7.92. The molecule has 0 saturated heterocycles. The van der Waals surface area contributed by atoms with Gasteiger partial charge >= 0.3 is 6.03 Å². The molecule has 0 spiro atoms. The number of hydrogen-bond acceptors (Lipinski definition) is 5. The summed E-state index contributed by atoms with van der Waals surface area (Å²) in [7, 11) is -7.54. The number of urea groups is 1. The zero-order chi connectivity index (χ0) is 28.8. The van der Waals surface area contributed by atoms with Crippen LogP contribution in [0, 0.1) is 13.8 Å². The van der Waals surface area contributed by atoms with Gasteiger partial charge in [-0.3, -0.25) is 9.44 Å². The molecular formula is C29H30N4O5S2. The highest BCUT2D eigenvalue weighted by Gasteiger charge is 2.17. The third-order valence-electron chi connectivity index (χ3n) is 5.84. The van der Waals surface area contributed by atoms with E-state index in [0.717, 1.165) is 11.1 Å². The summed E-state index contributed by atoms with van der Waals surface area (Å²) in [6.07, 6.45) is 0. The maximum atomic E-state index is 12.9. The number of sulfonamides is 2. The lowest BCUT2D eigenvalue weighted by Crippen LogP contribution is -2.23. The molecule has 0 aromatic heterocycles. The fraction of sp³-hybridized carbons (Fsp3) is 0.138. The molecule has 4 rings (SSSR count). The Morgan fingerprint density at radius 1 is 0.525 bits per heavy atom. The minimum Gasteiger partial charge on any atom is -0.306 e. The van der Waals surface area contributed by atoms with Gasteiger partial charge in [0.05, 0.1) is 34.3 Å². The van der Waals surface area contributed by atoms with Gasteiger partial charge in [-0.15, -0.1) is 0 Å².